The number of aliphatic hydroxyl groups is 4. The van der Waals surface area contributed by atoms with Gasteiger partial charge in [0.25, 0.3) is 0 Å². The predicted molar refractivity (Wildman–Crippen MR) is 117 cm³/mol. The topological polar surface area (TPSA) is 90.2 Å². The van der Waals surface area contributed by atoms with Crippen LogP contribution in [0.5, 0.6) is 0 Å². The average Bonchev–Trinajstić information content (AvgIpc) is 2.82. The quantitative estimate of drug-likeness (QED) is 0.453. The Morgan fingerprint density at radius 1 is 0.871 bits per heavy atom. The standard InChI is InChI=1S/C26H22O5/c27-17-22-24(28)25(29)26(30,16-15-18-7-2-1-3-8-18)23(31-22)14-13-20-11-6-10-19-9-4-5-12-21(19)20/h1-12,22-25,27-30H,17H2/t22-,23-,24-,25+,26-/m1/s1. The molecule has 0 radical (unpaired) electrons. The lowest BCUT2D eigenvalue weighted by Crippen LogP contribution is -2.65. The fraction of sp³-hybridized carbons (Fsp3) is 0.231. The van der Waals surface area contributed by atoms with Crippen LogP contribution < -0.4 is 0 Å². The number of ether oxygens (including phenoxy) is 1. The number of aliphatic hydroxyl groups excluding tert-OH is 3. The van der Waals surface area contributed by atoms with Crippen molar-refractivity contribution in [1.29, 1.82) is 0 Å². The van der Waals surface area contributed by atoms with Crippen molar-refractivity contribution in [2.75, 3.05) is 6.61 Å². The molecule has 5 atom stereocenters. The van der Waals surface area contributed by atoms with Crippen LogP contribution in [0.1, 0.15) is 11.1 Å². The summed E-state index contributed by atoms with van der Waals surface area (Å²) in [6.07, 6.45) is -5.55. The summed E-state index contributed by atoms with van der Waals surface area (Å²) in [5.41, 5.74) is -0.803. The zero-order valence-electron chi connectivity index (χ0n) is 16.6. The normalized spacial score (nSPS) is 27.6. The van der Waals surface area contributed by atoms with Crippen molar-refractivity contribution < 1.29 is 25.2 Å². The van der Waals surface area contributed by atoms with Gasteiger partial charge in [-0.05, 0) is 29.0 Å². The van der Waals surface area contributed by atoms with Gasteiger partial charge in [0, 0.05) is 11.1 Å². The zero-order chi connectivity index (χ0) is 21.8. The van der Waals surface area contributed by atoms with E-state index in [1.165, 1.54) is 0 Å². The molecule has 0 aliphatic carbocycles. The first kappa shape index (κ1) is 21.1. The third kappa shape index (κ3) is 4.19. The Bertz CT molecular complexity index is 1180. The molecule has 0 amide bonds. The molecular formula is C26H22O5. The van der Waals surface area contributed by atoms with E-state index >= 15 is 0 Å². The maximum Gasteiger partial charge on any atom is 0.191 e. The van der Waals surface area contributed by atoms with Gasteiger partial charge in [-0.25, -0.2) is 0 Å². The Kier molecular flexibility index (Phi) is 6.06. The number of hydrogen-bond donors (Lipinski definition) is 4. The van der Waals surface area contributed by atoms with E-state index in [9.17, 15) is 20.4 Å². The van der Waals surface area contributed by atoms with Gasteiger partial charge >= 0.3 is 0 Å². The molecule has 0 spiro atoms. The van der Waals surface area contributed by atoms with Crippen molar-refractivity contribution in [3.05, 3.63) is 83.9 Å². The molecule has 4 rings (SSSR count). The van der Waals surface area contributed by atoms with Gasteiger partial charge in [-0.1, -0.05) is 78.3 Å². The highest BCUT2D eigenvalue weighted by Gasteiger charge is 2.53. The SMILES string of the molecule is OC[C@H]1O[C@H](C#Cc2cccc3ccccc23)[C@](O)(C#Cc2ccccc2)[C@@H](O)[C@@H]1O. The molecule has 1 aliphatic heterocycles. The fourth-order valence-corrected chi connectivity index (χ4v) is 3.58. The Morgan fingerprint density at radius 2 is 1.58 bits per heavy atom. The van der Waals surface area contributed by atoms with Crippen molar-refractivity contribution in [3.8, 4) is 23.7 Å². The summed E-state index contributed by atoms with van der Waals surface area (Å²) in [4.78, 5) is 0. The molecule has 4 N–H and O–H groups in total. The average molecular weight is 414 g/mol. The third-order valence-corrected chi connectivity index (χ3v) is 5.35. The summed E-state index contributed by atoms with van der Waals surface area (Å²) in [5.74, 6) is 11.3. The Hall–Kier alpha value is -3.16. The minimum absolute atomic E-state index is 0.535. The van der Waals surface area contributed by atoms with Crippen molar-refractivity contribution in [2.45, 2.75) is 30.0 Å². The molecule has 31 heavy (non-hydrogen) atoms. The van der Waals surface area contributed by atoms with E-state index in [-0.39, 0.29) is 0 Å². The van der Waals surface area contributed by atoms with Gasteiger partial charge in [0.15, 0.2) is 11.7 Å². The summed E-state index contributed by atoms with van der Waals surface area (Å²) in [5, 5.41) is 43.7. The third-order valence-electron chi connectivity index (χ3n) is 5.35. The minimum atomic E-state index is -2.15. The lowest BCUT2D eigenvalue weighted by Gasteiger charge is -2.43. The minimum Gasteiger partial charge on any atom is -0.394 e. The van der Waals surface area contributed by atoms with Gasteiger partial charge in [0.2, 0.25) is 0 Å². The maximum atomic E-state index is 11.2. The molecule has 0 bridgehead atoms. The van der Waals surface area contributed by atoms with Gasteiger partial charge < -0.3 is 25.2 Å². The Morgan fingerprint density at radius 3 is 2.35 bits per heavy atom. The largest absolute Gasteiger partial charge is 0.394 e. The van der Waals surface area contributed by atoms with Gasteiger partial charge in [-0.2, -0.15) is 0 Å². The first-order valence-electron chi connectivity index (χ1n) is 9.95. The van der Waals surface area contributed by atoms with E-state index in [0.29, 0.717) is 5.56 Å². The van der Waals surface area contributed by atoms with Crippen LogP contribution in [0.4, 0.5) is 0 Å². The maximum absolute atomic E-state index is 11.2. The van der Waals surface area contributed by atoms with Crippen molar-refractivity contribution in [3.63, 3.8) is 0 Å². The van der Waals surface area contributed by atoms with Crippen LogP contribution >= 0.6 is 0 Å². The lowest BCUT2D eigenvalue weighted by atomic mass is 9.82. The Balaban J connectivity index is 1.76. The smallest absolute Gasteiger partial charge is 0.191 e. The molecule has 1 aliphatic rings. The summed E-state index contributed by atoms with van der Waals surface area (Å²) >= 11 is 0. The van der Waals surface area contributed by atoms with E-state index in [4.69, 9.17) is 4.74 Å². The van der Waals surface area contributed by atoms with Crippen molar-refractivity contribution in [1.82, 2.24) is 0 Å². The van der Waals surface area contributed by atoms with Gasteiger partial charge in [-0.3, -0.25) is 0 Å². The van der Waals surface area contributed by atoms with E-state index in [1.54, 1.807) is 24.3 Å². The summed E-state index contributed by atoms with van der Waals surface area (Å²) < 4.78 is 5.67. The highest BCUT2D eigenvalue weighted by atomic mass is 16.5. The van der Waals surface area contributed by atoms with Crippen LogP contribution in [-0.2, 0) is 4.74 Å². The van der Waals surface area contributed by atoms with E-state index < -0.39 is 36.6 Å². The molecule has 156 valence electrons. The summed E-state index contributed by atoms with van der Waals surface area (Å²) in [6.45, 7) is -0.535. The molecule has 0 unspecified atom stereocenters. The number of benzene rings is 3. The van der Waals surface area contributed by atoms with Crippen molar-refractivity contribution >= 4 is 10.8 Å². The predicted octanol–water partition coefficient (Wildman–Crippen LogP) is 1.46. The lowest BCUT2D eigenvalue weighted by molar-refractivity contribution is -0.239. The van der Waals surface area contributed by atoms with Gasteiger partial charge in [0.1, 0.15) is 18.3 Å². The number of rotatable bonds is 1. The molecule has 5 nitrogen and oxygen atoms in total. The molecule has 3 aromatic carbocycles. The second kappa shape index (κ2) is 8.91. The molecule has 0 saturated carbocycles. The van der Waals surface area contributed by atoms with Crippen LogP contribution in [0.25, 0.3) is 10.8 Å². The van der Waals surface area contributed by atoms with E-state index in [1.807, 2.05) is 48.5 Å². The zero-order valence-corrected chi connectivity index (χ0v) is 16.6. The summed E-state index contributed by atoms with van der Waals surface area (Å²) in [6, 6.07) is 22.4. The first-order chi connectivity index (χ1) is 15.0. The molecule has 0 aromatic heterocycles. The van der Waals surface area contributed by atoms with Gasteiger partial charge in [0.05, 0.1) is 6.61 Å². The number of hydrogen-bond acceptors (Lipinski definition) is 5. The molecule has 1 fully saturated rings. The molecular weight excluding hydrogens is 392 g/mol. The Labute approximate surface area is 180 Å². The van der Waals surface area contributed by atoms with Gasteiger partial charge in [-0.15, -0.1) is 0 Å². The fourth-order valence-electron chi connectivity index (χ4n) is 3.58. The monoisotopic (exact) mass is 414 g/mol. The van der Waals surface area contributed by atoms with Crippen LogP contribution in [0.2, 0.25) is 0 Å². The second-order valence-electron chi connectivity index (χ2n) is 7.41. The molecule has 1 saturated heterocycles. The van der Waals surface area contributed by atoms with Crippen LogP contribution in [0, 0.1) is 23.7 Å². The number of fused-ring (bicyclic) bond motifs is 1. The highest BCUT2D eigenvalue weighted by molar-refractivity contribution is 5.88. The van der Waals surface area contributed by atoms with Crippen LogP contribution in [0.3, 0.4) is 0 Å². The summed E-state index contributed by atoms with van der Waals surface area (Å²) in [7, 11) is 0. The van der Waals surface area contributed by atoms with E-state index in [0.717, 1.165) is 16.3 Å². The second-order valence-corrected chi connectivity index (χ2v) is 7.41. The molecule has 3 aromatic rings. The first-order valence-corrected chi connectivity index (χ1v) is 9.95. The van der Waals surface area contributed by atoms with Crippen LogP contribution in [-0.4, -0.2) is 57.0 Å². The van der Waals surface area contributed by atoms with Crippen molar-refractivity contribution in [2.24, 2.45) is 0 Å². The van der Waals surface area contributed by atoms with Crippen LogP contribution in [0.15, 0.2) is 72.8 Å². The highest BCUT2D eigenvalue weighted by Crippen LogP contribution is 2.30. The molecule has 1 heterocycles. The molecule has 5 heteroatoms. The van der Waals surface area contributed by atoms with E-state index in [2.05, 4.69) is 23.7 Å².